The van der Waals surface area contributed by atoms with Crippen LogP contribution in [0.25, 0.3) is 0 Å². The molecule has 1 saturated heterocycles. The maximum atomic E-state index is 12.5. The number of hydrogen-bond donors (Lipinski definition) is 2. The zero-order valence-corrected chi connectivity index (χ0v) is 15.1. The van der Waals surface area contributed by atoms with Crippen molar-refractivity contribution in [3.63, 3.8) is 0 Å². The van der Waals surface area contributed by atoms with Gasteiger partial charge in [-0.25, -0.2) is 0 Å². The fraction of sp³-hybridized carbons (Fsp3) is 0.400. The smallest absolute Gasteiger partial charge is 0.496 e. The minimum absolute atomic E-state index is 0.153. The summed E-state index contributed by atoms with van der Waals surface area (Å²) in [6.45, 7) is 1.32. The van der Waals surface area contributed by atoms with Gasteiger partial charge in [0.1, 0.15) is 11.5 Å². The number of methoxy groups -OCH3 is 1. The van der Waals surface area contributed by atoms with E-state index >= 15 is 0 Å². The Hall–Kier alpha value is -2.25. The van der Waals surface area contributed by atoms with Gasteiger partial charge in [-0.2, -0.15) is 0 Å². The summed E-state index contributed by atoms with van der Waals surface area (Å²) in [5, 5.41) is 7.00. The van der Waals surface area contributed by atoms with E-state index in [0.717, 1.165) is 19.4 Å². The van der Waals surface area contributed by atoms with Gasteiger partial charge >= 0.3 is 6.36 Å². The molecule has 2 N–H and O–H groups in total. The number of halogens is 3. The topological polar surface area (TPSA) is 42.5 Å². The van der Waals surface area contributed by atoms with Gasteiger partial charge < -0.3 is 20.1 Å². The van der Waals surface area contributed by atoms with Crippen LogP contribution in [0.5, 0.6) is 11.5 Å². The summed E-state index contributed by atoms with van der Waals surface area (Å²) in [4.78, 5) is 0. The van der Waals surface area contributed by atoms with E-state index in [9.17, 15) is 13.2 Å². The van der Waals surface area contributed by atoms with Gasteiger partial charge in [-0.15, -0.1) is 13.2 Å². The van der Waals surface area contributed by atoms with Gasteiger partial charge in [-0.1, -0.05) is 30.3 Å². The fourth-order valence-corrected chi connectivity index (χ4v) is 3.45. The predicted octanol–water partition coefficient (Wildman–Crippen LogP) is 4.18. The average Bonchev–Trinajstić information content (AvgIpc) is 2.66. The van der Waals surface area contributed by atoms with Crippen molar-refractivity contribution in [3.8, 4) is 11.5 Å². The first-order valence-corrected chi connectivity index (χ1v) is 8.90. The largest absolute Gasteiger partial charge is 0.573 e. The molecule has 0 spiro atoms. The highest BCUT2D eigenvalue weighted by atomic mass is 19.4. The van der Waals surface area contributed by atoms with Crippen molar-refractivity contribution < 1.29 is 22.6 Å². The lowest BCUT2D eigenvalue weighted by Gasteiger charge is -2.34. The van der Waals surface area contributed by atoms with Crippen molar-refractivity contribution in [1.82, 2.24) is 10.6 Å². The van der Waals surface area contributed by atoms with E-state index in [0.29, 0.717) is 17.9 Å². The molecule has 0 unspecified atom stereocenters. The summed E-state index contributed by atoms with van der Waals surface area (Å²) in [5.41, 5.74) is 1.81. The van der Waals surface area contributed by atoms with E-state index in [-0.39, 0.29) is 17.8 Å². The third-order valence-electron chi connectivity index (χ3n) is 4.66. The van der Waals surface area contributed by atoms with Crippen molar-refractivity contribution in [2.24, 2.45) is 0 Å². The van der Waals surface area contributed by atoms with Crippen LogP contribution in [0.15, 0.2) is 48.5 Å². The summed E-state index contributed by atoms with van der Waals surface area (Å²) in [6.07, 6.45) is -2.70. The van der Waals surface area contributed by atoms with Gasteiger partial charge in [0, 0.05) is 24.2 Å². The molecule has 0 amide bonds. The molecule has 1 aliphatic rings. The lowest BCUT2D eigenvalue weighted by atomic mass is 9.92. The van der Waals surface area contributed by atoms with E-state index in [1.165, 1.54) is 30.9 Å². The Morgan fingerprint density at radius 1 is 1.15 bits per heavy atom. The number of hydrogen-bond acceptors (Lipinski definition) is 4. The molecule has 0 radical (unpaired) electrons. The number of benzene rings is 2. The minimum atomic E-state index is -4.72. The SMILES string of the molecule is COc1ccc(OC(F)(F)F)cc1CN[C@@H]1CCCN[C@H]1c1ccccc1. The van der Waals surface area contributed by atoms with Gasteiger partial charge in [0.05, 0.1) is 7.11 Å². The summed E-state index contributed by atoms with van der Waals surface area (Å²) in [7, 11) is 1.50. The Morgan fingerprint density at radius 2 is 1.93 bits per heavy atom. The number of piperidine rings is 1. The molecule has 2 atom stereocenters. The van der Waals surface area contributed by atoms with Crippen LogP contribution < -0.4 is 20.1 Å². The van der Waals surface area contributed by atoms with Gasteiger partial charge in [-0.05, 0) is 43.1 Å². The molecule has 0 aromatic heterocycles. The number of nitrogens with one attached hydrogen (secondary N) is 2. The predicted molar refractivity (Wildman–Crippen MR) is 96.7 cm³/mol. The molecule has 0 bridgehead atoms. The number of ether oxygens (including phenoxy) is 2. The molecule has 1 heterocycles. The van der Waals surface area contributed by atoms with E-state index in [1.807, 2.05) is 18.2 Å². The molecule has 1 aliphatic heterocycles. The Bertz CT molecular complexity index is 738. The van der Waals surface area contributed by atoms with Crippen molar-refractivity contribution in [1.29, 1.82) is 0 Å². The summed E-state index contributed by atoms with van der Waals surface area (Å²) >= 11 is 0. The average molecular weight is 380 g/mol. The van der Waals surface area contributed by atoms with Crippen LogP contribution in [0.2, 0.25) is 0 Å². The second kappa shape index (κ2) is 8.63. The highest BCUT2D eigenvalue weighted by Crippen LogP contribution is 2.29. The number of alkyl halides is 3. The van der Waals surface area contributed by atoms with E-state index in [2.05, 4.69) is 27.5 Å². The molecule has 4 nitrogen and oxygen atoms in total. The minimum Gasteiger partial charge on any atom is -0.496 e. The van der Waals surface area contributed by atoms with E-state index in [1.54, 1.807) is 0 Å². The molecule has 2 aromatic rings. The quantitative estimate of drug-likeness (QED) is 0.789. The lowest BCUT2D eigenvalue weighted by molar-refractivity contribution is -0.274. The van der Waals surface area contributed by atoms with E-state index in [4.69, 9.17) is 4.74 Å². The molecular formula is C20H23F3N2O2. The summed E-state index contributed by atoms with van der Waals surface area (Å²) < 4.78 is 46.8. The highest BCUT2D eigenvalue weighted by molar-refractivity contribution is 5.40. The molecular weight excluding hydrogens is 357 g/mol. The zero-order valence-electron chi connectivity index (χ0n) is 15.1. The van der Waals surface area contributed by atoms with Crippen LogP contribution in [0.4, 0.5) is 13.2 Å². The second-order valence-corrected chi connectivity index (χ2v) is 6.49. The fourth-order valence-electron chi connectivity index (χ4n) is 3.45. The Labute approximate surface area is 156 Å². The first-order chi connectivity index (χ1) is 13.0. The van der Waals surface area contributed by atoms with Crippen LogP contribution in [-0.2, 0) is 6.54 Å². The molecule has 7 heteroatoms. The molecule has 1 fully saturated rings. The summed E-state index contributed by atoms with van der Waals surface area (Å²) in [5.74, 6) is 0.276. The van der Waals surface area contributed by atoms with Gasteiger partial charge in [-0.3, -0.25) is 0 Å². The molecule has 0 aliphatic carbocycles. The van der Waals surface area contributed by atoms with Gasteiger partial charge in [0.25, 0.3) is 0 Å². The zero-order chi connectivity index (χ0) is 19.3. The molecule has 0 saturated carbocycles. The van der Waals surface area contributed by atoms with E-state index < -0.39 is 6.36 Å². The van der Waals surface area contributed by atoms with Crippen LogP contribution in [-0.4, -0.2) is 26.1 Å². The van der Waals surface area contributed by atoms with Gasteiger partial charge in [0.2, 0.25) is 0 Å². The highest BCUT2D eigenvalue weighted by Gasteiger charge is 2.31. The molecule has 3 rings (SSSR count). The third kappa shape index (κ3) is 5.37. The first kappa shape index (κ1) is 19.5. The second-order valence-electron chi connectivity index (χ2n) is 6.49. The van der Waals surface area contributed by atoms with Crippen LogP contribution >= 0.6 is 0 Å². The maximum absolute atomic E-state index is 12.5. The normalized spacial score (nSPS) is 20.3. The first-order valence-electron chi connectivity index (χ1n) is 8.90. The van der Waals surface area contributed by atoms with Gasteiger partial charge in [0.15, 0.2) is 0 Å². The van der Waals surface area contributed by atoms with Crippen molar-refractivity contribution in [2.75, 3.05) is 13.7 Å². The molecule has 27 heavy (non-hydrogen) atoms. The van der Waals surface area contributed by atoms with Crippen LogP contribution in [0, 0.1) is 0 Å². The summed E-state index contributed by atoms with van der Waals surface area (Å²) in [6, 6.07) is 14.6. The Morgan fingerprint density at radius 3 is 2.63 bits per heavy atom. The monoisotopic (exact) mass is 380 g/mol. The number of rotatable bonds is 6. The Kier molecular flexibility index (Phi) is 6.23. The third-order valence-corrected chi connectivity index (χ3v) is 4.66. The van der Waals surface area contributed by atoms with Crippen molar-refractivity contribution in [3.05, 3.63) is 59.7 Å². The molecule has 2 aromatic carbocycles. The lowest BCUT2D eigenvalue weighted by Crippen LogP contribution is -2.45. The maximum Gasteiger partial charge on any atom is 0.573 e. The Balaban J connectivity index is 1.73. The standard InChI is InChI=1S/C20H23F3N2O2/c1-26-18-10-9-16(27-20(21,22)23)12-15(18)13-25-17-8-5-11-24-19(17)14-6-3-2-4-7-14/h2-4,6-7,9-10,12,17,19,24-25H,5,8,11,13H2,1H3/t17-,19+/m1/s1. The van der Waals surface area contributed by atoms with Crippen LogP contribution in [0.1, 0.15) is 30.0 Å². The van der Waals surface area contributed by atoms with Crippen LogP contribution in [0.3, 0.4) is 0 Å². The molecule has 146 valence electrons. The van der Waals surface area contributed by atoms with Crippen molar-refractivity contribution in [2.45, 2.75) is 37.8 Å². The van der Waals surface area contributed by atoms with Crippen molar-refractivity contribution >= 4 is 0 Å².